The Labute approximate surface area is 219 Å². The molecule has 0 atom stereocenters. The number of hydrogen-bond acceptors (Lipinski definition) is 2. The van der Waals surface area contributed by atoms with E-state index < -0.39 is 0 Å². The van der Waals surface area contributed by atoms with Gasteiger partial charge in [0.25, 0.3) is 0 Å². The minimum absolute atomic E-state index is 1.02. The van der Waals surface area contributed by atoms with E-state index >= 15 is 0 Å². The molecular formula is C36H22N2. The second kappa shape index (κ2) is 8.22. The first-order valence-corrected chi connectivity index (χ1v) is 12.9. The highest BCUT2D eigenvalue weighted by atomic mass is 14.6. The van der Waals surface area contributed by atoms with Crippen LogP contribution in [0.25, 0.3) is 76.4 Å². The lowest BCUT2D eigenvalue weighted by atomic mass is 9.89. The molecule has 8 aromatic rings. The van der Waals surface area contributed by atoms with E-state index in [9.17, 15) is 0 Å². The summed E-state index contributed by atoms with van der Waals surface area (Å²) < 4.78 is 0. The van der Waals surface area contributed by atoms with Crippen LogP contribution in [0.5, 0.6) is 0 Å². The summed E-state index contributed by atoms with van der Waals surface area (Å²) in [7, 11) is 0. The van der Waals surface area contributed by atoms with E-state index in [1.807, 2.05) is 24.5 Å². The average molecular weight is 483 g/mol. The lowest BCUT2D eigenvalue weighted by Gasteiger charge is -2.14. The Kier molecular flexibility index (Phi) is 4.55. The van der Waals surface area contributed by atoms with Crippen molar-refractivity contribution < 1.29 is 0 Å². The van der Waals surface area contributed by atoms with Gasteiger partial charge in [-0.15, -0.1) is 0 Å². The van der Waals surface area contributed by atoms with Crippen LogP contribution in [-0.2, 0) is 0 Å². The van der Waals surface area contributed by atoms with Crippen LogP contribution in [0, 0.1) is 0 Å². The summed E-state index contributed by atoms with van der Waals surface area (Å²) in [5, 5.41) is 9.92. The fourth-order valence-corrected chi connectivity index (χ4v) is 5.84. The Bertz CT molecular complexity index is 2190. The lowest BCUT2D eigenvalue weighted by Crippen LogP contribution is -1.88. The number of pyridine rings is 2. The van der Waals surface area contributed by atoms with Crippen LogP contribution in [0.15, 0.2) is 134 Å². The van der Waals surface area contributed by atoms with E-state index in [1.54, 1.807) is 0 Å². The first-order chi connectivity index (χ1) is 18.8. The Balaban J connectivity index is 1.40. The number of fused-ring (bicyclic) bond motifs is 7. The average Bonchev–Trinajstić information content (AvgIpc) is 2.99. The molecule has 0 spiro atoms. The van der Waals surface area contributed by atoms with Gasteiger partial charge in [0.2, 0.25) is 0 Å². The Morgan fingerprint density at radius 2 is 0.974 bits per heavy atom. The summed E-state index contributed by atoms with van der Waals surface area (Å²) in [5.74, 6) is 0. The molecule has 0 saturated heterocycles. The van der Waals surface area contributed by atoms with Crippen LogP contribution in [0.1, 0.15) is 0 Å². The zero-order chi connectivity index (χ0) is 25.1. The van der Waals surface area contributed by atoms with Crippen LogP contribution >= 0.6 is 0 Å². The number of nitrogens with zero attached hydrogens (tertiary/aromatic N) is 2. The van der Waals surface area contributed by atoms with Gasteiger partial charge in [0.1, 0.15) is 0 Å². The molecule has 8 rings (SSSR count). The van der Waals surface area contributed by atoms with Crippen molar-refractivity contribution in [1.82, 2.24) is 9.97 Å². The monoisotopic (exact) mass is 482 g/mol. The van der Waals surface area contributed by atoms with Gasteiger partial charge in [0, 0.05) is 23.2 Å². The van der Waals surface area contributed by atoms with Crippen molar-refractivity contribution in [2.45, 2.75) is 0 Å². The van der Waals surface area contributed by atoms with Gasteiger partial charge in [-0.25, -0.2) is 0 Å². The zero-order valence-electron chi connectivity index (χ0n) is 20.6. The third-order valence-corrected chi connectivity index (χ3v) is 7.69. The van der Waals surface area contributed by atoms with Crippen molar-refractivity contribution in [2.24, 2.45) is 0 Å². The van der Waals surface area contributed by atoms with Gasteiger partial charge in [-0.3, -0.25) is 9.97 Å². The number of hydrogen-bond donors (Lipinski definition) is 0. The second-order valence-corrected chi connectivity index (χ2v) is 9.89. The zero-order valence-corrected chi connectivity index (χ0v) is 20.6. The van der Waals surface area contributed by atoms with E-state index in [0.717, 1.165) is 21.8 Å². The van der Waals surface area contributed by atoms with Gasteiger partial charge >= 0.3 is 0 Å². The molecule has 0 unspecified atom stereocenters. The Morgan fingerprint density at radius 3 is 1.76 bits per heavy atom. The van der Waals surface area contributed by atoms with Gasteiger partial charge in [-0.2, -0.15) is 0 Å². The van der Waals surface area contributed by atoms with Gasteiger partial charge in [-0.05, 0) is 103 Å². The minimum Gasteiger partial charge on any atom is -0.256 e. The van der Waals surface area contributed by atoms with Crippen molar-refractivity contribution in [3.63, 3.8) is 0 Å². The summed E-state index contributed by atoms with van der Waals surface area (Å²) in [6.07, 6.45) is 3.69. The van der Waals surface area contributed by atoms with E-state index in [0.29, 0.717) is 0 Å². The molecule has 0 amide bonds. The summed E-state index contributed by atoms with van der Waals surface area (Å²) in [6, 6.07) is 43.8. The fourth-order valence-electron chi connectivity index (χ4n) is 5.84. The van der Waals surface area contributed by atoms with Crippen molar-refractivity contribution in [3.05, 3.63) is 134 Å². The van der Waals surface area contributed by atoms with E-state index in [1.165, 1.54) is 54.6 Å². The molecule has 0 saturated carbocycles. The molecule has 0 radical (unpaired) electrons. The van der Waals surface area contributed by atoms with Crippen LogP contribution in [-0.4, -0.2) is 9.97 Å². The van der Waals surface area contributed by atoms with Gasteiger partial charge in [-0.1, -0.05) is 72.8 Å². The summed E-state index contributed by atoms with van der Waals surface area (Å²) in [5.41, 5.74) is 6.91. The SMILES string of the molecule is c1cnc2ccc(-c3ccc4ccc5cc(-c6ccc7ncccc7c6)c6ccccc6c5c4c3)cc2c1. The molecule has 0 N–H and O–H groups in total. The van der Waals surface area contributed by atoms with Gasteiger partial charge in [0.05, 0.1) is 11.0 Å². The molecule has 38 heavy (non-hydrogen) atoms. The van der Waals surface area contributed by atoms with Crippen molar-refractivity contribution in [3.8, 4) is 22.3 Å². The standard InChI is InChI=1S/C36H22N2/c1-2-8-31-30(7-1)32(26-14-16-35-28(20-26)6-4-18-38-35)22-29-12-10-23-9-11-25(21-33(23)36(29)31)24-13-15-34-27(19-24)5-3-17-37-34/h1-22H. The number of aromatic nitrogens is 2. The normalized spacial score (nSPS) is 11.7. The van der Waals surface area contributed by atoms with Crippen molar-refractivity contribution in [1.29, 1.82) is 0 Å². The topological polar surface area (TPSA) is 25.8 Å². The Morgan fingerprint density at radius 1 is 0.368 bits per heavy atom. The van der Waals surface area contributed by atoms with Crippen molar-refractivity contribution >= 4 is 54.1 Å². The fraction of sp³-hybridized carbons (Fsp3) is 0. The summed E-state index contributed by atoms with van der Waals surface area (Å²) in [4.78, 5) is 9.00. The molecule has 2 aromatic heterocycles. The highest BCUT2D eigenvalue weighted by Gasteiger charge is 2.13. The molecule has 2 heteroatoms. The highest BCUT2D eigenvalue weighted by Crippen LogP contribution is 2.40. The van der Waals surface area contributed by atoms with Crippen LogP contribution in [0.3, 0.4) is 0 Å². The quantitative estimate of drug-likeness (QED) is 0.229. The third-order valence-electron chi connectivity index (χ3n) is 7.69. The van der Waals surface area contributed by atoms with Gasteiger partial charge < -0.3 is 0 Å². The first-order valence-electron chi connectivity index (χ1n) is 12.9. The van der Waals surface area contributed by atoms with E-state index in [-0.39, 0.29) is 0 Å². The number of rotatable bonds is 2. The summed E-state index contributed by atoms with van der Waals surface area (Å²) >= 11 is 0. The molecule has 0 aliphatic heterocycles. The largest absolute Gasteiger partial charge is 0.256 e. The predicted octanol–water partition coefficient (Wildman–Crippen LogP) is 9.58. The third kappa shape index (κ3) is 3.28. The van der Waals surface area contributed by atoms with E-state index in [2.05, 4.69) is 119 Å². The maximum Gasteiger partial charge on any atom is 0.0702 e. The molecular weight excluding hydrogens is 460 g/mol. The molecule has 2 nitrogen and oxygen atoms in total. The molecule has 6 aromatic carbocycles. The lowest BCUT2D eigenvalue weighted by molar-refractivity contribution is 1.41. The highest BCUT2D eigenvalue weighted by molar-refractivity contribution is 6.23. The predicted molar refractivity (Wildman–Crippen MR) is 160 cm³/mol. The molecule has 0 aliphatic carbocycles. The molecule has 176 valence electrons. The van der Waals surface area contributed by atoms with Gasteiger partial charge in [0.15, 0.2) is 0 Å². The van der Waals surface area contributed by atoms with Crippen LogP contribution in [0.2, 0.25) is 0 Å². The maximum atomic E-state index is 4.51. The first kappa shape index (κ1) is 21.0. The molecule has 0 bridgehead atoms. The molecule has 0 aliphatic rings. The Hall–Kier alpha value is -5.08. The molecule has 2 heterocycles. The van der Waals surface area contributed by atoms with Crippen LogP contribution < -0.4 is 0 Å². The minimum atomic E-state index is 1.02. The number of benzene rings is 6. The maximum absolute atomic E-state index is 4.51. The molecule has 0 fully saturated rings. The second-order valence-electron chi connectivity index (χ2n) is 9.89. The smallest absolute Gasteiger partial charge is 0.0702 e. The van der Waals surface area contributed by atoms with Crippen LogP contribution in [0.4, 0.5) is 0 Å². The summed E-state index contributed by atoms with van der Waals surface area (Å²) in [6.45, 7) is 0. The van der Waals surface area contributed by atoms with E-state index in [4.69, 9.17) is 0 Å². The van der Waals surface area contributed by atoms with Crippen molar-refractivity contribution in [2.75, 3.05) is 0 Å².